The van der Waals surface area contributed by atoms with Crippen molar-refractivity contribution in [3.63, 3.8) is 0 Å². The second kappa shape index (κ2) is 6.95. The first-order chi connectivity index (χ1) is 9.24. The number of carbonyl (C=O) groups is 1. The van der Waals surface area contributed by atoms with E-state index in [-0.39, 0.29) is 0 Å². The Hall–Kier alpha value is -1.81. The molecule has 2 aromatic rings. The van der Waals surface area contributed by atoms with Crippen LogP contribution in [-0.2, 0) is 11.2 Å². The summed E-state index contributed by atoms with van der Waals surface area (Å²) in [5.74, 6) is 0. The maximum absolute atomic E-state index is 11.5. The Bertz CT molecular complexity index is 526. The van der Waals surface area contributed by atoms with Crippen molar-refractivity contribution >= 4 is 27.7 Å². The predicted octanol–water partition coefficient (Wildman–Crippen LogP) is 4.24. The number of carbonyl (C=O) groups excluding carboxylic acids is 1. The molecule has 0 spiro atoms. The molecule has 0 saturated heterocycles. The number of benzene rings is 2. The SMILES string of the molecule is O=C(Nc1ccc(Br)cc1)OCCc1ccccc1. The maximum Gasteiger partial charge on any atom is 0.411 e. The number of hydrogen-bond donors (Lipinski definition) is 1. The Morgan fingerprint density at radius 1 is 1.05 bits per heavy atom. The number of nitrogens with one attached hydrogen (secondary N) is 1. The zero-order chi connectivity index (χ0) is 13.5. The number of anilines is 1. The smallest absolute Gasteiger partial charge is 0.411 e. The number of ether oxygens (including phenoxy) is 1. The molecule has 0 radical (unpaired) electrons. The highest BCUT2D eigenvalue weighted by Gasteiger charge is 2.02. The molecule has 1 amide bonds. The van der Waals surface area contributed by atoms with Crippen LogP contribution in [0.5, 0.6) is 0 Å². The van der Waals surface area contributed by atoms with Crippen LogP contribution in [0, 0.1) is 0 Å². The van der Waals surface area contributed by atoms with Crippen LogP contribution in [0.15, 0.2) is 59.1 Å². The lowest BCUT2D eigenvalue weighted by atomic mass is 10.2. The van der Waals surface area contributed by atoms with Gasteiger partial charge in [0.15, 0.2) is 0 Å². The molecule has 3 nitrogen and oxygen atoms in total. The Labute approximate surface area is 120 Å². The average Bonchev–Trinajstić information content (AvgIpc) is 2.43. The van der Waals surface area contributed by atoms with Gasteiger partial charge in [-0.3, -0.25) is 5.32 Å². The van der Waals surface area contributed by atoms with Crippen molar-refractivity contribution in [2.24, 2.45) is 0 Å². The number of amides is 1. The lowest BCUT2D eigenvalue weighted by Crippen LogP contribution is -2.15. The molecule has 19 heavy (non-hydrogen) atoms. The summed E-state index contributed by atoms with van der Waals surface area (Å²) in [5, 5.41) is 2.67. The first-order valence-electron chi connectivity index (χ1n) is 5.97. The average molecular weight is 320 g/mol. The predicted molar refractivity (Wildman–Crippen MR) is 79.3 cm³/mol. The van der Waals surface area contributed by atoms with E-state index in [1.54, 1.807) is 0 Å². The first kappa shape index (κ1) is 13.6. The molecule has 0 heterocycles. The molecule has 2 aromatic carbocycles. The minimum absolute atomic E-state index is 0.367. The molecule has 0 aliphatic carbocycles. The molecule has 0 aliphatic heterocycles. The number of halogens is 1. The molecule has 0 unspecified atom stereocenters. The summed E-state index contributed by atoms with van der Waals surface area (Å²) in [4.78, 5) is 11.5. The van der Waals surface area contributed by atoms with E-state index in [4.69, 9.17) is 4.74 Å². The first-order valence-corrected chi connectivity index (χ1v) is 6.76. The van der Waals surface area contributed by atoms with Crippen molar-refractivity contribution in [2.45, 2.75) is 6.42 Å². The third-order valence-electron chi connectivity index (χ3n) is 2.56. The highest BCUT2D eigenvalue weighted by molar-refractivity contribution is 9.10. The van der Waals surface area contributed by atoms with Crippen molar-refractivity contribution in [3.8, 4) is 0 Å². The fourth-order valence-corrected chi connectivity index (χ4v) is 1.86. The van der Waals surface area contributed by atoms with Gasteiger partial charge in [0, 0.05) is 16.6 Å². The third kappa shape index (κ3) is 4.75. The molecule has 0 atom stereocenters. The van der Waals surface area contributed by atoms with Crippen molar-refractivity contribution in [1.29, 1.82) is 0 Å². The highest BCUT2D eigenvalue weighted by Crippen LogP contribution is 2.14. The summed E-state index contributed by atoms with van der Waals surface area (Å²) in [7, 11) is 0. The molecule has 1 N–H and O–H groups in total. The molecule has 98 valence electrons. The van der Waals surface area contributed by atoms with Gasteiger partial charge in [0.05, 0.1) is 6.61 Å². The van der Waals surface area contributed by atoms with Crippen LogP contribution in [0.1, 0.15) is 5.56 Å². The van der Waals surface area contributed by atoms with Gasteiger partial charge in [-0.25, -0.2) is 4.79 Å². The van der Waals surface area contributed by atoms with Crippen LogP contribution >= 0.6 is 15.9 Å². The largest absolute Gasteiger partial charge is 0.449 e. The standard InChI is InChI=1S/C15H14BrNO2/c16-13-6-8-14(9-7-13)17-15(18)19-11-10-12-4-2-1-3-5-12/h1-9H,10-11H2,(H,17,18). The summed E-state index contributed by atoms with van der Waals surface area (Å²) < 4.78 is 6.09. The molecule has 0 aliphatic rings. The fourth-order valence-electron chi connectivity index (χ4n) is 1.59. The summed E-state index contributed by atoms with van der Waals surface area (Å²) >= 11 is 3.34. The minimum Gasteiger partial charge on any atom is -0.449 e. The van der Waals surface area contributed by atoms with E-state index in [2.05, 4.69) is 21.2 Å². The lowest BCUT2D eigenvalue weighted by Gasteiger charge is -2.07. The molecule has 2 rings (SSSR count). The van der Waals surface area contributed by atoms with Crippen LogP contribution in [0.3, 0.4) is 0 Å². The number of rotatable bonds is 4. The molecule has 0 aromatic heterocycles. The Balaban J connectivity index is 1.74. The monoisotopic (exact) mass is 319 g/mol. The van der Waals surface area contributed by atoms with Crippen molar-refractivity contribution in [3.05, 3.63) is 64.6 Å². The van der Waals surface area contributed by atoms with Gasteiger partial charge in [0.1, 0.15) is 0 Å². The van der Waals surface area contributed by atoms with Crippen LogP contribution in [-0.4, -0.2) is 12.7 Å². The van der Waals surface area contributed by atoms with Gasteiger partial charge < -0.3 is 4.74 Å². The highest BCUT2D eigenvalue weighted by atomic mass is 79.9. The molecule has 0 saturated carbocycles. The Kier molecular flexibility index (Phi) is 4.98. The molecule has 0 bridgehead atoms. The second-order valence-corrected chi connectivity index (χ2v) is 4.92. The third-order valence-corrected chi connectivity index (χ3v) is 3.09. The van der Waals surface area contributed by atoms with Gasteiger partial charge >= 0.3 is 6.09 Å². The topological polar surface area (TPSA) is 38.3 Å². The van der Waals surface area contributed by atoms with E-state index in [0.29, 0.717) is 18.7 Å². The molecular formula is C15H14BrNO2. The molecule has 4 heteroatoms. The minimum atomic E-state index is -0.432. The normalized spacial score (nSPS) is 9.95. The van der Waals surface area contributed by atoms with E-state index < -0.39 is 6.09 Å². The Morgan fingerprint density at radius 3 is 2.42 bits per heavy atom. The van der Waals surface area contributed by atoms with E-state index in [1.165, 1.54) is 0 Å². The lowest BCUT2D eigenvalue weighted by molar-refractivity contribution is 0.163. The second-order valence-electron chi connectivity index (χ2n) is 4.00. The van der Waals surface area contributed by atoms with Gasteiger partial charge in [0.2, 0.25) is 0 Å². The quantitative estimate of drug-likeness (QED) is 0.915. The summed E-state index contributed by atoms with van der Waals surface area (Å²) in [6, 6.07) is 17.3. The van der Waals surface area contributed by atoms with E-state index in [1.807, 2.05) is 54.6 Å². The molecule has 0 fully saturated rings. The van der Waals surface area contributed by atoms with Crippen LogP contribution in [0.2, 0.25) is 0 Å². The van der Waals surface area contributed by atoms with Crippen molar-refractivity contribution in [2.75, 3.05) is 11.9 Å². The van der Waals surface area contributed by atoms with Gasteiger partial charge in [-0.05, 0) is 29.8 Å². The van der Waals surface area contributed by atoms with Gasteiger partial charge in [-0.15, -0.1) is 0 Å². The van der Waals surface area contributed by atoms with Gasteiger partial charge in [-0.2, -0.15) is 0 Å². The van der Waals surface area contributed by atoms with E-state index in [9.17, 15) is 4.79 Å². The van der Waals surface area contributed by atoms with E-state index >= 15 is 0 Å². The summed E-state index contributed by atoms with van der Waals surface area (Å²) in [6.07, 6.45) is 0.285. The van der Waals surface area contributed by atoms with Crippen LogP contribution < -0.4 is 5.32 Å². The zero-order valence-electron chi connectivity index (χ0n) is 10.3. The van der Waals surface area contributed by atoms with Gasteiger partial charge in [0.25, 0.3) is 0 Å². The van der Waals surface area contributed by atoms with Crippen LogP contribution in [0.25, 0.3) is 0 Å². The zero-order valence-corrected chi connectivity index (χ0v) is 11.9. The molecular weight excluding hydrogens is 306 g/mol. The van der Waals surface area contributed by atoms with Crippen LogP contribution in [0.4, 0.5) is 10.5 Å². The number of hydrogen-bond acceptors (Lipinski definition) is 2. The fraction of sp³-hybridized carbons (Fsp3) is 0.133. The van der Waals surface area contributed by atoms with Crippen molar-refractivity contribution < 1.29 is 9.53 Å². The maximum atomic E-state index is 11.5. The van der Waals surface area contributed by atoms with Crippen molar-refractivity contribution in [1.82, 2.24) is 0 Å². The summed E-state index contributed by atoms with van der Waals surface area (Å²) in [5.41, 5.74) is 1.87. The summed E-state index contributed by atoms with van der Waals surface area (Å²) in [6.45, 7) is 0.367. The Morgan fingerprint density at radius 2 is 1.74 bits per heavy atom. The van der Waals surface area contributed by atoms with Gasteiger partial charge in [-0.1, -0.05) is 46.3 Å². The van der Waals surface area contributed by atoms with E-state index in [0.717, 1.165) is 10.0 Å².